The summed E-state index contributed by atoms with van der Waals surface area (Å²) in [4.78, 5) is 40.4. The summed E-state index contributed by atoms with van der Waals surface area (Å²) in [6.07, 6.45) is 3.73. The predicted molar refractivity (Wildman–Crippen MR) is 176 cm³/mol. The third-order valence-electron chi connectivity index (χ3n) is 9.17. The fourth-order valence-electron chi connectivity index (χ4n) is 7.04. The van der Waals surface area contributed by atoms with E-state index in [2.05, 4.69) is 21.4 Å². The van der Waals surface area contributed by atoms with Gasteiger partial charge in [-0.2, -0.15) is 0 Å². The molecule has 0 saturated carbocycles. The summed E-state index contributed by atoms with van der Waals surface area (Å²) < 4.78 is 34.0. The number of carbonyl (C=O) groups is 1. The molecule has 1 fully saturated rings. The van der Waals surface area contributed by atoms with Crippen LogP contribution in [0, 0.1) is 11.6 Å². The summed E-state index contributed by atoms with van der Waals surface area (Å²) in [6, 6.07) is 4.88. The second-order valence-corrected chi connectivity index (χ2v) is 13.1. The molecule has 2 unspecified atom stereocenters. The number of fused-ring (bicyclic) bond motifs is 5. The number of hydrogen-bond donors (Lipinski definition) is 1. The number of aromatic hydroxyl groups is 1. The van der Waals surface area contributed by atoms with Gasteiger partial charge in [-0.25, -0.2) is 18.7 Å². The number of halogens is 3. The first-order chi connectivity index (χ1) is 21.9. The molecule has 4 aromatic rings. The predicted octanol–water partition coefficient (Wildman–Crippen LogP) is 6.87. The maximum absolute atomic E-state index is 17.4. The molecule has 4 heterocycles. The van der Waals surface area contributed by atoms with Gasteiger partial charge < -0.3 is 14.9 Å². The minimum atomic E-state index is -0.952. The Labute approximate surface area is 271 Å². The van der Waals surface area contributed by atoms with Gasteiger partial charge >= 0.3 is 0 Å². The van der Waals surface area contributed by atoms with E-state index in [0.29, 0.717) is 59.6 Å². The number of phenols is 1. The average molecular weight is 648 g/mol. The van der Waals surface area contributed by atoms with Crippen LogP contribution in [0.3, 0.4) is 0 Å². The molecule has 8 nitrogen and oxygen atoms in total. The number of benzene rings is 2. The van der Waals surface area contributed by atoms with Crippen LogP contribution in [-0.2, 0) is 11.2 Å². The highest BCUT2D eigenvalue weighted by atomic mass is 35.5. The molecule has 1 N–H and O–H groups in total. The molecule has 0 radical (unpaired) electrons. The SMILES string of the molecule is C=CC(=O)N1CC2CCc3c(c4cc(Cl)c(-c5c(O)cccc5F)c(F)c4n(-c4c(C(C)C)ncnc4C(C)C)c3=O)N2CC1C. The van der Waals surface area contributed by atoms with Crippen LogP contribution in [0.1, 0.15) is 69.8 Å². The van der Waals surface area contributed by atoms with Crippen molar-refractivity contribution >= 4 is 34.1 Å². The third-order valence-corrected chi connectivity index (χ3v) is 9.47. The Morgan fingerprint density at radius 3 is 2.37 bits per heavy atom. The zero-order valence-corrected chi connectivity index (χ0v) is 27.2. The Kier molecular flexibility index (Phi) is 8.13. The Morgan fingerprint density at radius 1 is 1.09 bits per heavy atom. The first-order valence-corrected chi connectivity index (χ1v) is 15.9. The molecule has 6 rings (SSSR count). The van der Waals surface area contributed by atoms with Gasteiger partial charge in [0.25, 0.3) is 5.56 Å². The van der Waals surface area contributed by atoms with Crippen molar-refractivity contribution in [1.29, 1.82) is 0 Å². The lowest BCUT2D eigenvalue weighted by molar-refractivity contribution is -0.129. The van der Waals surface area contributed by atoms with Crippen LogP contribution in [-0.4, -0.2) is 55.6 Å². The van der Waals surface area contributed by atoms with Crippen LogP contribution in [0.5, 0.6) is 5.75 Å². The largest absolute Gasteiger partial charge is 0.507 e. The topological polar surface area (TPSA) is 91.6 Å². The number of amides is 1. The second-order valence-electron chi connectivity index (χ2n) is 12.7. The Hall–Kier alpha value is -4.31. The van der Waals surface area contributed by atoms with Crippen molar-refractivity contribution in [3.05, 3.63) is 87.2 Å². The van der Waals surface area contributed by atoms with Crippen molar-refractivity contribution in [1.82, 2.24) is 19.4 Å². The highest BCUT2D eigenvalue weighted by Crippen LogP contribution is 2.46. The van der Waals surface area contributed by atoms with Crippen molar-refractivity contribution in [2.45, 2.75) is 71.4 Å². The van der Waals surface area contributed by atoms with Crippen LogP contribution >= 0.6 is 11.6 Å². The van der Waals surface area contributed by atoms with Gasteiger partial charge in [0.05, 0.1) is 38.9 Å². The van der Waals surface area contributed by atoms with Gasteiger partial charge in [-0.1, -0.05) is 51.9 Å². The normalized spacial score (nSPS) is 17.9. The number of pyridine rings is 1. The van der Waals surface area contributed by atoms with Gasteiger partial charge in [0.2, 0.25) is 5.91 Å². The lowest BCUT2D eigenvalue weighted by Gasteiger charge is -2.49. The van der Waals surface area contributed by atoms with Gasteiger partial charge in [-0.3, -0.25) is 14.2 Å². The minimum Gasteiger partial charge on any atom is -0.507 e. The number of nitrogens with zero attached hydrogens (tertiary/aromatic N) is 5. The zero-order chi connectivity index (χ0) is 33.2. The number of anilines is 1. The number of hydrogen-bond acceptors (Lipinski definition) is 6. The molecule has 46 heavy (non-hydrogen) atoms. The van der Waals surface area contributed by atoms with Gasteiger partial charge in [0.1, 0.15) is 17.9 Å². The van der Waals surface area contributed by atoms with Crippen molar-refractivity contribution in [3.63, 3.8) is 0 Å². The Bertz CT molecular complexity index is 1930. The number of carbonyl (C=O) groups excluding carboxylic acids is 1. The molecule has 11 heteroatoms. The molecule has 240 valence electrons. The fourth-order valence-corrected chi connectivity index (χ4v) is 7.33. The average Bonchev–Trinajstić information content (AvgIpc) is 3.01. The fraction of sp³-hybridized carbons (Fsp3) is 0.371. The zero-order valence-electron chi connectivity index (χ0n) is 26.4. The van der Waals surface area contributed by atoms with Crippen molar-refractivity contribution in [2.24, 2.45) is 0 Å². The van der Waals surface area contributed by atoms with Crippen LogP contribution in [0.15, 0.2) is 48.0 Å². The highest BCUT2D eigenvalue weighted by Gasteiger charge is 2.40. The van der Waals surface area contributed by atoms with E-state index in [1.165, 1.54) is 29.1 Å². The molecule has 0 bridgehead atoms. The molecular formula is C35H36ClF2N5O3. The lowest BCUT2D eigenvalue weighted by Crippen LogP contribution is -2.60. The van der Waals surface area contributed by atoms with E-state index in [1.807, 2.05) is 34.6 Å². The minimum absolute atomic E-state index is 0.109. The van der Waals surface area contributed by atoms with E-state index in [4.69, 9.17) is 11.6 Å². The molecular weight excluding hydrogens is 612 g/mol. The van der Waals surface area contributed by atoms with Crippen molar-refractivity contribution < 1.29 is 18.7 Å². The standard InChI is InChI=1S/C35H36ClF2N5O3/c1-7-26(45)41-15-20-11-12-21-32(42(20)14-19(41)6)22-13-23(36)27(28-24(37)9-8-10-25(28)44)29(38)33(22)43(35(21)46)34-30(17(2)3)39-16-40-31(34)18(4)5/h7-10,13,16-20,44H,1,11-12,14-15H2,2-6H3. The second kappa shape index (κ2) is 11.8. The lowest BCUT2D eigenvalue weighted by atomic mass is 9.89. The van der Waals surface area contributed by atoms with Gasteiger partial charge in [0, 0.05) is 41.7 Å². The van der Waals surface area contributed by atoms with Crippen LogP contribution in [0.4, 0.5) is 14.5 Å². The maximum Gasteiger partial charge on any atom is 0.261 e. The molecule has 0 spiro atoms. The van der Waals surface area contributed by atoms with E-state index in [-0.39, 0.29) is 45.9 Å². The number of aromatic nitrogens is 3. The number of rotatable bonds is 5. The summed E-state index contributed by atoms with van der Waals surface area (Å²) in [6.45, 7) is 14.1. The van der Waals surface area contributed by atoms with Crippen LogP contribution in [0.2, 0.25) is 5.02 Å². The molecule has 1 saturated heterocycles. The smallest absolute Gasteiger partial charge is 0.261 e. The molecule has 2 aliphatic rings. The summed E-state index contributed by atoms with van der Waals surface area (Å²) in [5.74, 6) is -2.78. The Morgan fingerprint density at radius 2 is 1.76 bits per heavy atom. The van der Waals surface area contributed by atoms with Gasteiger partial charge in [-0.15, -0.1) is 0 Å². The van der Waals surface area contributed by atoms with Crippen LogP contribution in [0.25, 0.3) is 27.7 Å². The van der Waals surface area contributed by atoms with Crippen molar-refractivity contribution in [3.8, 4) is 22.6 Å². The molecule has 2 aromatic heterocycles. The molecule has 2 aromatic carbocycles. The Balaban J connectivity index is 1.77. The van der Waals surface area contributed by atoms with Gasteiger partial charge in [-0.05, 0) is 55.9 Å². The van der Waals surface area contributed by atoms with E-state index >= 15 is 8.78 Å². The highest BCUT2D eigenvalue weighted by molar-refractivity contribution is 6.34. The monoisotopic (exact) mass is 647 g/mol. The van der Waals surface area contributed by atoms with Crippen LogP contribution < -0.4 is 10.5 Å². The number of piperazine rings is 1. The first-order valence-electron chi connectivity index (χ1n) is 15.5. The summed E-state index contributed by atoms with van der Waals surface area (Å²) in [5, 5.41) is 11.0. The number of phenolic OH excluding ortho intramolecular Hbond substituents is 1. The van der Waals surface area contributed by atoms with Gasteiger partial charge in [0.15, 0.2) is 5.82 Å². The van der Waals surface area contributed by atoms with E-state index in [9.17, 15) is 14.7 Å². The quantitative estimate of drug-likeness (QED) is 0.238. The molecule has 2 aliphatic heterocycles. The van der Waals surface area contributed by atoms with E-state index in [1.54, 1.807) is 11.0 Å². The third kappa shape index (κ3) is 4.85. The van der Waals surface area contributed by atoms with E-state index in [0.717, 1.165) is 6.07 Å². The molecule has 2 atom stereocenters. The molecule has 1 amide bonds. The summed E-state index contributed by atoms with van der Waals surface area (Å²) >= 11 is 6.81. The van der Waals surface area contributed by atoms with Crippen molar-refractivity contribution in [2.75, 3.05) is 18.0 Å². The summed E-state index contributed by atoms with van der Waals surface area (Å²) in [7, 11) is 0. The first kappa shape index (κ1) is 31.7. The van der Waals surface area contributed by atoms with E-state index < -0.39 is 28.5 Å². The molecule has 0 aliphatic carbocycles. The summed E-state index contributed by atoms with van der Waals surface area (Å²) in [5.41, 5.74) is 1.25. The maximum atomic E-state index is 17.4.